The number of benzene rings is 2. The molecule has 0 aliphatic carbocycles. The molecule has 7 heteroatoms. The zero-order valence-corrected chi connectivity index (χ0v) is 17.0. The minimum absolute atomic E-state index is 0.00307. The van der Waals surface area contributed by atoms with Gasteiger partial charge in [0.15, 0.2) is 0 Å². The molecule has 1 aliphatic rings. The Kier molecular flexibility index (Phi) is 7.74. The molecule has 0 saturated carbocycles. The molecule has 2 N–H and O–H groups in total. The minimum Gasteiger partial charge on any atom is -0.381 e. The largest absolute Gasteiger partial charge is 0.416 e. The van der Waals surface area contributed by atoms with Crippen LogP contribution in [0.4, 0.5) is 18.9 Å². The molecule has 1 saturated heterocycles. The van der Waals surface area contributed by atoms with Gasteiger partial charge < -0.3 is 15.5 Å². The Balaban J connectivity index is 1.41. The number of halogens is 3. The molecule has 0 atom stereocenters. The van der Waals surface area contributed by atoms with Crippen molar-refractivity contribution in [3.05, 3.63) is 65.2 Å². The van der Waals surface area contributed by atoms with Crippen LogP contribution in [0.1, 0.15) is 36.0 Å². The van der Waals surface area contributed by atoms with Crippen molar-refractivity contribution in [2.45, 2.75) is 38.4 Å². The second-order valence-corrected chi connectivity index (χ2v) is 7.68. The second-order valence-electron chi connectivity index (χ2n) is 7.68. The van der Waals surface area contributed by atoms with E-state index >= 15 is 0 Å². The van der Waals surface area contributed by atoms with Gasteiger partial charge in [-0.1, -0.05) is 30.7 Å². The lowest BCUT2D eigenvalue weighted by Gasteiger charge is -2.26. The van der Waals surface area contributed by atoms with Gasteiger partial charge in [0.2, 0.25) is 5.91 Å². The fourth-order valence-corrected chi connectivity index (χ4v) is 3.59. The van der Waals surface area contributed by atoms with E-state index in [4.69, 9.17) is 0 Å². The van der Waals surface area contributed by atoms with Gasteiger partial charge in [0.25, 0.3) is 0 Å². The van der Waals surface area contributed by atoms with Crippen LogP contribution in [0.5, 0.6) is 0 Å². The van der Waals surface area contributed by atoms with Crippen molar-refractivity contribution in [2.75, 3.05) is 31.5 Å². The number of alkyl halides is 3. The average molecular weight is 419 g/mol. The number of amides is 1. The third-order valence-corrected chi connectivity index (χ3v) is 5.27. The standard InChI is InChI=1S/C23H28F3N3O/c24-23(25,26)20-6-4-5-19(15-20)17-28-21-9-7-18(8-10-21)16-22(30)27-11-14-29-12-2-1-3-13-29/h4-10,15,28H,1-3,11-14,16-17H2,(H,27,30). The number of hydrogen-bond donors (Lipinski definition) is 2. The summed E-state index contributed by atoms with van der Waals surface area (Å²) in [6.07, 6.45) is -0.252. The van der Waals surface area contributed by atoms with Gasteiger partial charge in [0.1, 0.15) is 0 Å². The zero-order chi connectivity index (χ0) is 21.4. The van der Waals surface area contributed by atoms with Crippen LogP contribution >= 0.6 is 0 Å². The molecule has 30 heavy (non-hydrogen) atoms. The first-order valence-electron chi connectivity index (χ1n) is 10.4. The third-order valence-electron chi connectivity index (χ3n) is 5.27. The van der Waals surface area contributed by atoms with Crippen molar-refractivity contribution in [1.82, 2.24) is 10.2 Å². The van der Waals surface area contributed by atoms with Crippen LogP contribution in [0, 0.1) is 0 Å². The molecular weight excluding hydrogens is 391 g/mol. The topological polar surface area (TPSA) is 44.4 Å². The van der Waals surface area contributed by atoms with Gasteiger partial charge in [-0.05, 0) is 61.3 Å². The quantitative estimate of drug-likeness (QED) is 0.664. The highest BCUT2D eigenvalue weighted by Crippen LogP contribution is 2.29. The van der Waals surface area contributed by atoms with Gasteiger partial charge in [0.05, 0.1) is 12.0 Å². The van der Waals surface area contributed by atoms with Crippen LogP contribution in [-0.4, -0.2) is 37.0 Å². The van der Waals surface area contributed by atoms with E-state index in [2.05, 4.69) is 15.5 Å². The summed E-state index contributed by atoms with van der Waals surface area (Å²) in [6.45, 7) is 4.08. The van der Waals surface area contributed by atoms with Crippen LogP contribution in [-0.2, 0) is 23.9 Å². The zero-order valence-electron chi connectivity index (χ0n) is 17.0. The predicted molar refractivity (Wildman–Crippen MR) is 112 cm³/mol. The lowest BCUT2D eigenvalue weighted by atomic mass is 10.1. The minimum atomic E-state index is -4.34. The third kappa shape index (κ3) is 7.06. The van der Waals surface area contributed by atoms with Crippen molar-refractivity contribution < 1.29 is 18.0 Å². The molecule has 1 amide bonds. The molecule has 3 rings (SSSR count). The number of nitrogens with zero attached hydrogens (tertiary/aromatic N) is 1. The molecule has 0 bridgehead atoms. The first-order chi connectivity index (χ1) is 14.4. The number of carbonyl (C=O) groups is 1. The van der Waals surface area contributed by atoms with E-state index in [0.29, 0.717) is 25.1 Å². The molecule has 2 aromatic carbocycles. The van der Waals surface area contributed by atoms with Crippen LogP contribution in [0.3, 0.4) is 0 Å². The summed E-state index contributed by atoms with van der Waals surface area (Å²) >= 11 is 0. The summed E-state index contributed by atoms with van der Waals surface area (Å²) in [5, 5.41) is 6.09. The predicted octanol–water partition coefficient (Wildman–Crippen LogP) is 4.46. The first-order valence-corrected chi connectivity index (χ1v) is 10.4. The summed E-state index contributed by atoms with van der Waals surface area (Å²) in [4.78, 5) is 14.5. The van der Waals surface area contributed by atoms with E-state index in [-0.39, 0.29) is 5.91 Å². The molecule has 0 radical (unpaired) electrons. The molecule has 1 fully saturated rings. The fourth-order valence-electron chi connectivity index (χ4n) is 3.59. The van der Waals surface area contributed by atoms with Gasteiger partial charge in [-0.2, -0.15) is 13.2 Å². The molecule has 1 heterocycles. The van der Waals surface area contributed by atoms with E-state index in [1.807, 2.05) is 24.3 Å². The van der Waals surface area contributed by atoms with Gasteiger partial charge >= 0.3 is 6.18 Å². The Hall–Kier alpha value is -2.54. The van der Waals surface area contributed by atoms with E-state index in [0.717, 1.165) is 43.0 Å². The molecule has 0 spiro atoms. The summed E-state index contributed by atoms with van der Waals surface area (Å²) in [5.74, 6) is -0.00307. The number of rotatable bonds is 8. The van der Waals surface area contributed by atoms with E-state index in [1.54, 1.807) is 6.07 Å². The second kappa shape index (κ2) is 10.5. The van der Waals surface area contributed by atoms with Crippen molar-refractivity contribution in [2.24, 2.45) is 0 Å². The molecular formula is C23H28F3N3O. The molecule has 162 valence electrons. The number of anilines is 1. The number of piperidine rings is 1. The number of hydrogen-bond acceptors (Lipinski definition) is 3. The van der Waals surface area contributed by atoms with Crippen LogP contribution in [0.25, 0.3) is 0 Å². The van der Waals surface area contributed by atoms with Gasteiger partial charge in [-0.25, -0.2) is 0 Å². The summed E-state index contributed by atoms with van der Waals surface area (Å²) in [7, 11) is 0. The molecule has 1 aliphatic heterocycles. The molecule has 2 aromatic rings. The smallest absolute Gasteiger partial charge is 0.381 e. The summed E-state index contributed by atoms with van der Waals surface area (Å²) in [6, 6.07) is 12.7. The van der Waals surface area contributed by atoms with Crippen molar-refractivity contribution in [3.8, 4) is 0 Å². The highest BCUT2D eigenvalue weighted by atomic mass is 19.4. The van der Waals surface area contributed by atoms with Gasteiger partial charge in [-0.3, -0.25) is 4.79 Å². The van der Waals surface area contributed by atoms with Gasteiger partial charge in [0, 0.05) is 25.3 Å². The van der Waals surface area contributed by atoms with Crippen LogP contribution < -0.4 is 10.6 Å². The maximum Gasteiger partial charge on any atom is 0.416 e. The lowest BCUT2D eigenvalue weighted by Crippen LogP contribution is -2.38. The van der Waals surface area contributed by atoms with Crippen LogP contribution in [0.2, 0.25) is 0 Å². The Morgan fingerprint density at radius 2 is 1.70 bits per heavy atom. The fraction of sp³-hybridized carbons (Fsp3) is 0.435. The van der Waals surface area contributed by atoms with Crippen molar-refractivity contribution in [1.29, 1.82) is 0 Å². The van der Waals surface area contributed by atoms with Crippen molar-refractivity contribution in [3.63, 3.8) is 0 Å². The number of nitrogens with one attached hydrogen (secondary N) is 2. The monoisotopic (exact) mass is 419 g/mol. The Labute approximate surface area is 175 Å². The maximum atomic E-state index is 12.8. The van der Waals surface area contributed by atoms with E-state index in [9.17, 15) is 18.0 Å². The SMILES string of the molecule is O=C(Cc1ccc(NCc2cccc(C(F)(F)F)c2)cc1)NCCN1CCCCC1. The lowest BCUT2D eigenvalue weighted by molar-refractivity contribution is -0.137. The van der Waals surface area contributed by atoms with E-state index < -0.39 is 11.7 Å². The Morgan fingerprint density at radius 1 is 0.967 bits per heavy atom. The number of likely N-dealkylation sites (tertiary alicyclic amines) is 1. The maximum absolute atomic E-state index is 12.8. The highest BCUT2D eigenvalue weighted by molar-refractivity contribution is 5.78. The molecule has 4 nitrogen and oxygen atoms in total. The summed E-state index contributed by atoms with van der Waals surface area (Å²) in [5.41, 5.74) is 1.60. The molecule has 0 unspecified atom stereocenters. The number of carbonyl (C=O) groups excluding carboxylic acids is 1. The molecule has 0 aromatic heterocycles. The summed E-state index contributed by atoms with van der Waals surface area (Å²) < 4.78 is 38.4. The normalized spacial score (nSPS) is 15.0. The Morgan fingerprint density at radius 3 is 2.40 bits per heavy atom. The van der Waals surface area contributed by atoms with Crippen molar-refractivity contribution >= 4 is 11.6 Å². The average Bonchev–Trinajstić information content (AvgIpc) is 2.74. The van der Waals surface area contributed by atoms with E-state index in [1.165, 1.54) is 25.3 Å². The van der Waals surface area contributed by atoms with Crippen LogP contribution in [0.15, 0.2) is 48.5 Å². The highest BCUT2D eigenvalue weighted by Gasteiger charge is 2.30. The first kappa shape index (κ1) is 22.2. The van der Waals surface area contributed by atoms with Gasteiger partial charge in [-0.15, -0.1) is 0 Å². The Bertz CT molecular complexity index is 815.